The fourth-order valence-corrected chi connectivity index (χ4v) is 2.60. The van der Waals surface area contributed by atoms with Crippen molar-refractivity contribution in [3.8, 4) is 0 Å². The molecule has 1 unspecified atom stereocenters. The van der Waals surface area contributed by atoms with E-state index in [1.54, 1.807) is 4.90 Å². The molecule has 1 aliphatic heterocycles. The maximum Gasteiger partial charge on any atom is 0.319 e. The molecule has 8 heteroatoms. The predicted molar refractivity (Wildman–Crippen MR) is 95.3 cm³/mol. The molecule has 4 N–H and O–H groups in total. The minimum absolute atomic E-state index is 0. The second-order valence-electron chi connectivity index (χ2n) is 5.63. The van der Waals surface area contributed by atoms with E-state index >= 15 is 0 Å². The molecule has 7 nitrogen and oxygen atoms in total. The maximum atomic E-state index is 12.1. The molecular weight excluding hydrogens is 332 g/mol. The number of nitrogens with zero attached hydrogens (tertiary/aromatic N) is 1. The molecule has 134 valence electrons. The molecule has 1 aromatic carbocycles. The van der Waals surface area contributed by atoms with Gasteiger partial charge in [0.2, 0.25) is 5.91 Å². The molecule has 1 saturated heterocycles. The van der Waals surface area contributed by atoms with E-state index in [0.29, 0.717) is 25.9 Å². The number of para-hydroxylation sites is 1. The van der Waals surface area contributed by atoms with E-state index in [4.69, 9.17) is 10.5 Å². The zero-order valence-electron chi connectivity index (χ0n) is 13.7. The van der Waals surface area contributed by atoms with Crippen molar-refractivity contribution in [1.82, 2.24) is 10.2 Å². The lowest BCUT2D eigenvalue weighted by Crippen LogP contribution is -2.52. The second kappa shape index (κ2) is 10.1. The molecule has 0 bridgehead atoms. The van der Waals surface area contributed by atoms with Gasteiger partial charge in [0.1, 0.15) is 6.04 Å². The summed E-state index contributed by atoms with van der Waals surface area (Å²) in [6.45, 7) is 1.40. The molecular formula is C16H25ClN4O3. The molecule has 1 atom stereocenters. The monoisotopic (exact) mass is 356 g/mol. The first-order chi connectivity index (χ1) is 11.1. The number of anilines is 1. The number of likely N-dealkylation sites (tertiary alicyclic amines) is 1. The van der Waals surface area contributed by atoms with Crippen LogP contribution in [-0.2, 0) is 9.53 Å². The SMILES string of the molecule is COCC(N)C(=O)N1CCC(NC(=O)Nc2ccccc2)CC1.Cl. The second-order valence-corrected chi connectivity index (χ2v) is 5.63. The van der Waals surface area contributed by atoms with Crippen LogP contribution in [-0.4, -0.2) is 55.7 Å². The quantitative estimate of drug-likeness (QED) is 0.738. The Morgan fingerprint density at radius 3 is 2.50 bits per heavy atom. The Morgan fingerprint density at radius 1 is 1.29 bits per heavy atom. The van der Waals surface area contributed by atoms with E-state index in [2.05, 4.69) is 10.6 Å². The number of amides is 3. The highest BCUT2D eigenvalue weighted by molar-refractivity contribution is 5.89. The number of carbonyl (C=O) groups excluding carboxylic acids is 2. The summed E-state index contributed by atoms with van der Waals surface area (Å²) in [6.07, 6.45) is 1.43. The van der Waals surface area contributed by atoms with E-state index in [9.17, 15) is 9.59 Å². The first-order valence-corrected chi connectivity index (χ1v) is 7.76. The maximum absolute atomic E-state index is 12.1. The van der Waals surface area contributed by atoms with Gasteiger partial charge in [-0.15, -0.1) is 12.4 Å². The standard InChI is InChI=1S/C16H24N4O3.ClH/c1-23-11-14(17)15(21)20-9-7-13(8-10-20)19-16(22)18-12-5-3-2-4-6-12;/h2-6,13-14H,7-11,17H2,1H3,(H2,18,19,22);1H. The summed E-state index contributed by atoms with van der Waals surface area (Å²) in [5.41, 5.74) is 6.52. The zero-order valence-corrected chi connectivity index (χ0v) is 14.6. The molecule has 1 fully saturated rings. The highest BCUT2D eigenvalue weighted by Crippen LogP contribution is 2.12. The van der Waals surface area contributed by atoms with Gasteiger partial charge in [-0.25, -0.2) is 4.79 Å². The fraction of sp³-hybridized carbons (Fsp3) is 0.500. The number of nitrogens with two attached hydrogens (primary N) is 1. The third-order valence-electron chi connectivity index (χ3n) is 3.84. The van der Waals surface area contributed by atoms with Crippen molar-refractivity contribution in [3.05, 3.63) is 30.3 Å². The first-order valence-electron chi connectivity index (χ1n) is 7.76. The van der Waals surface area contributed by atoms with E-state index in [0.717, 1.165) is 5.69 Å². The Kier molecular flexibility index (Phi) is 8.53. The van der Waals surface area contributed by atoms with Crippen molar-refractivity contribution in [3.63, 3.8) is 0 Å². The number of halogens is 1. The van der Waals surface area contributed by atoms with E-state index in [1.165, 1.54) is 7.11 Å². The molecule has 3 amide bonds. The molecule has 2 rings (SSSR count). The largest absolute Gasteiger partial charge is 0.383 e. The van der Waals surface area contributed by atoms with Crippen molar-refractivity contribution >= 4 is 30.0 Å². The van der Waals surface area contributed by atoms with Gasteiger partial charge >= 0.3 is 6.03 Å². The normalized spacial score (nSPS) is 16.0. The molecule has 0 aliphatic carbocycles. The summed E-state index contributed by atoms with van der Waals surface area (Å²) in [6, 6.07) is 8.50. The van der Waals surface area contributed by atoms with Gasteiger partial charge in [-0.05, 0) is 25.0 Å². The fourth-order valence-electron chi connectivity index (χ4n) is 2.60. The average Bonchev–Trinajstić information content (AvgIpc) is 2.56. The summed E-state index contributed by atoms with van der Waals surface area (Å²) in [7, 11) is 1.52. The van der Waals surface area contributed by atoms with Crippen molar-refractivity contribution in [2.75, 3.05) is 32.1 Å². The summed E-state index contributed by atoms with van der Waals surface area (Å²) < 4.78 is 4.91. The number of methoxy groups -OCH3 is 1. The molecule has 24 heavy (non-hydrogen) atoms. The van der Waals surface area contributed by atoms with Crippen molar-refractivity contribution in [1.29, 1.82) is 0 Å². The van der Waals surface area contributed by atoms with Gasteiger partial charge in [-0.3, -0.25) is 4.79 Å². The number of rotatable bonds is 5. The number of hydrogen-bond donors (Lipinski definition) is 3. The summed E-state index contributed by atoms with van der Waals surface area (Å²) in [5.74, 6) is -0.0981. The van der Waals surface area contributed by atoms with Crippen LogP contribution >= 0.6 is 12.4 Å². The third-order valence-corrected chi connectivity index (χ3v) is 3.84. The van der Waals surface area contributed by atoms with Crippen molar-refractivity contribution < 1.29 is 14.3 Å². The van der Waals surface area contributed by atoms with Gasteiger partial charge in [-0.2, -0.15) is 0 Å². The number of hydrogen-bond acceptors (Lipinski definition) is 4. The van der Waals surface area contributed by atoms with Gasteiger partial charge < -0.3 is 26.0 Å². The Balaban J connectivity index is 0.00000288. The van der Waals surface area contributed by atoms with Crippen LogP contribution in [0.15, 0.2) is 30.3 Å². The lowest BCUT2D eigenvalue weighted by Gasteiger charge is -2.33. The molecule has 1 aliphatic rings. The number of carbonyl (C=O) groups is 2. The van der Waals surface area contributed by atoms with Gasteiger partial charge in [0, 0.05) is 31.9 Å². The molecule has 0 aromatic heterocycles. The van der Waals surface area contributed by atoms with Gasteiger partial charge in [-0.1, -0.05) is 18.2 Å². The van der Waals surface area contributed by atoms with Crippen molar-refractivity contribution in [2.24, 2.45) is 5.73 Å². The number of ether oxygens (including phenoxy) is 1. The van der Waals surface area contributed by atoms with Crippen LogP contribution in [0.4, 0.5) is 10.5 Å². The minimum atomic E-state index is -0.620. The average molecular weight is 357 g/mol. The van der Waals surface area contributed by atoms with Gasteiger partial charge in [0.15, 0.2) is 0 Å². The minimum Gasteiger partial charge on any atom is -0.383 e. The molecule has 1 heterocycles. The lowest BCUT2D eigenvalue weighted by molar-refractivity contribution is -0.134. The summed E-state index contributed by atoms with van der Waals surface area (Å²) in [4.78, 5) is 25.8. The first kappa shape index (κ1) is 20.2. The Labute approximate surface area is 148 Å². The highest BCUT2D eigenvalue weighted by Gasteiger charge is 2.26. The Morgan fingerprint density at radius 2 is 1.92 bits per heavy atom. The molecule has 0 radical (unpaired) electrons. The highest BCUT2D eigenvalue weighted by atomic mass is 35.5. The van der Waals surface area contributed by atoms with E-state index < -0.39 is 6.04 Å². The van der Waals surface area contributed by atoms with Crippen LogP contribution in [0.1, 0.15) is 12.8 Å². The van der Waals surface area contributed by atoms with E-state index in [1.807, 2.05) is 30.3 Å². The van der Waals surface area contributed by atoms with Crippen LogP contribution in [0.25, 0.3) is 0 Å². The number of nitrogens with one attached hydrogen (secondary N) is 2. The van der Waals surface area contributed by atoms with Gasteiger partial charge in [0.25, 0.3) is 0 Å². The molecule has 1 aromatic rings. The summed E-state index contributed by atoms with van der Waals surface area (Å²) >= 11 is 0. The van der Waals surface area contributed by atoms with E-state index in [-0.39, 0.29) is 37.0 Å². The van der Waals surface area contributed by atoms with Crippen molar-refractivity contribution in [2.45, 2.75) is 24.9 Å². The predicted octanol–water partition coefficient (Wildman–Crippen LogP) is 1.19. The number of piperidine rings is 1. The van der Waals surface area contributed by atoms with Crippen LogP contribution in [0.2, 0.25) is 0 Å². The summed E-state index contributed by atoms with van der Waals surface area (Å²) in [5, 5.41) is 5.73. The van der Waals surface area contributed by atoms with Crippen LogP contribution in [0.5, 0.6) is 0 Å². The third kappa shape index (κ3) is 5.99. The molecule has 0 saturated carbocycles. The van der Waals surface area contributed by atoms with Crippen LogP contribution < -0.4 is 16.4 Å². The number of benzene rings is 1. The Bertz CT molecular complexity index is 521. The smallest absolute Gasteiger partial charge is 0.319 e. The lowest BCUT2D eigenvalue weighted by atomic mass is 10.0. The Hall–Kier alpha value is -1.83. The zero-order chi connectivity index (χ0) is 16.7. The number of urea groups is 1. The van der Waals surface area contributed by atoms with Crippen LogP contribution in [0, 0.1) is 0 Å². The van der Waals surface area contributed by atoms with Crippen LogP contribution in [0.3, 0.4) is 0 Å². The topological polar surface area (TPSA) is 96.7 Å². The molecule has 0 spiro atoms. The van der Waals surface area contributed by atoms with Gasteiger partial charge in [0.05, 0.1) is 6.61 Å².